The fourth-order valence-electron chi connectivity index (χ4n) is 1.73. The summed E-state index contributed by atoms with van der Waals surface area (Å²) in [6, 6.07) is 8.08. The van der Waals surface area contributed by atoms with E-state index in [0.717, 1.165) is 17.0 Å². The minimum atomic E-state index is 0.111. The molecular formula is C15H19NOS. The number of thiazole rings is 1. The zero-order valence-corrected chi connectivity index (χ0v) is 12.4. The average molecular weight is 261 g/mol. The Morgan fingerprint density at radius 3 is 2.17 bits per heavy atom. The van der Waals surface area contributed by atoms with Crippen molar-refractivity contribution < 1.29 is 4.74 Å². The molecule has 0 atom stereocenters. The van der Waals surface area contributed by atoms with Crippen molar-refractivity contribution in [2.24, 2.45) is 0 Å². The van der Waals surface area contributed by atoms with E-state index in [-0.39, 0.29) is 5.41 Å². The summed E-state index contributed by atoms with van der Waals surface area (Å²) in [6.45, 7) is 8.72. The first-order chi connectivity index (χ1) is 8.41. The third-order valence-corrected chi connectivity index (χ3v) is 4.20. The van der Waals surface area contributed by atoms with Gasteiger partial charge in [-0.3, -0.25) is 0 Å². The van der Waals surface area contributed by atoms with Crippen molar-refractivity contribution in [2.45, 2.75) is 33.1 Å². The second-order valence-electron chi connectivity index (χ2n) is 5.40. The Balaban J connectivity index is 2.41. The molecule has 0 radical (unpaired) electrons. The van der Waals surface area contributed by atoms with E-state index in [9.17, 15) is 0 Å². The molecule has 1 aromatic heterocycles. The van der Waals surface area contributed by atoms with Crippen molar-refractivity contribution in [1.29, 1.82) is 0 Å². The van der Waals surface area contributed by atoms with Gasteiger partial charge in [0.1, 0.15) is 5.75 Å². The predicted octanol–water partition coefficient (Wildman–Crippen LogP) is 4.42. The summed E-state index contributed by atoms with van der Waals surface area (Å²) < 4.78 is 5.18. The Kier molecular flexibility index (Phi) is 3.44. The fourth-order valence-corrected chi connectivity index (χ4v) is 2.73. The highest BCUT2D eigenvalue weighted by molar-refractivity contribution is 7.12. The second kappa shape index (κ2) is 4.73. The number of benzene rings is 1. The lowest BCUT2D eigenvalue weighted by atomic mass is 9.98. The Hall–Kier alpha value is -1.35. The molecule has 0 N–H and O–H groups in total. The SMILES string of the molecule is COc1ccc(-c2nc(C(C)(C)C)sc2C)cc1. The molecule has 0 saturated carbocycles. The molecular weight excluding hydrogens is 242 g/mol. The number of ether oxygens (including phenoxy) is 1. The van der Waals surface area contributed by atoms with Crippen molar-refractivity contribution in [1.82, 2.24) is 4.98 Å². The fraction of sp³-hybridized carbons (Fsp3) is 0.400. The maximum absolute atomic E-state index is 5.18. The second-order valence-corrected chi connectivity index (χ2v) is 6.61. The van der Waals surface area contributed by atoms with Crippen molar-refractivity contribution >= 4 is 11.3 Å². The number of methoxy groups -OCH3 is 1. The van der Waals surface area contributed by atoms with Crippen LogP contribution in [-0.4, -0.2) is 12.1 Å². The molecule has 0 spiro atoms. The molecule has 0 bridgehead atoms. The molecule has 0 aliphatic rings. The summed E-state index contributed by atoms with van der Waals surface area (Å²) in [5.41, 5.74) is 2.35. The van der Waals surface area contributed by atoms with E-state index in [1.165, 1.54) is 9.88 Å². The highest BCUT2D eigenvalue weighted by atomic mass is 32.1. The van der Waals surface area contributed by atoms with Crippen LogP contribution in [0.25, 0.3) is 11.3 Å². The van der Waals surface area contributed by atoms with Crippen LogP contribution in [0.2, 0.25) is 0 Å². The molecule has 2 rings (SSSR count). The topological polar surface area (TPSA) is 22.1 Å². The summed E-state index contributed by atoms with van der Waals surface area (Å²) >= 11 is 1.78. The van der Waals surface area contributed by atoms with Crippen molar-refractivity contribution in [3.05, 3.63) is 34.2 Å². The van der Waals surface area contributed by atoms with Crippen molar-refractivity contribution in [2.75, 3.05) is 7.11 Å². The van der Waals surface area contributed by atoms with Crippen molar-refractivity contribution in [3.8, 4) is 17.0 Å². The Morgan fingerprint density at radius 1 is 1.11 bits per heavy atom. The Morgan fingerprint density at radius 2 is 1.72 bits per heavy atom. The van der Waals surface area contributed by atoms with Gasteiger partial charge in [-0.2, -0.15) is 0 Å². The van der Waals surface area contributed by atoms with Gasteiger partial charge < -0.3 is 4.74 Å². The summed E-state index contributed by atoms with van der Waals surface area (Å²) in [5.74, 6) is 0.877. The van der Waals surface area contributed by atoms with E-state index >= 15 is 0 Å². The van der Waals surface area contributed by atoms with Crippen LogP contribution >= 0.6 is 11.3 Å². The van der Waals surface area contributed by atoms with Gasteiger partial charge in [0.25, 0.3) is 0 Å². The van der Waals surface area contributed by atoms with Crippen LogP contribution in [0.5, 0.6) is 5.75 Å². The maximum atomic E-state index is 5.18. The molecule has 0 fully saturated rings. The molecule has 0 unspecified atom stereocenters. The molecule has 3 heteroatoms. The molecule has 0 aliphatic carbocycles. The van der Waals surface area contributed by atoms with Gasteiger partial charge in [-0.15, -0.1) is 11.3 Å². The first-order valence-corrected chi connectivity index (χ1v) is 6.86. The summed E-state index contributed by atoms with van der Waals surface area (Å²) in [7, 11) is 1.68. The van der Waals surface area contributed by atoms with Crippen LogP contribution in [0.1, 0.15) is 30.7 Å². The first-order valence-electron chi connectivity index (χ1n) is 6.04. The van der Waals surface area contributed by atoms with E-state index in [1.54, 1.807) is 18.4 Å². The number of hydrogen-bond donors (Lipinski definition) is 0. The van der Waals surface area contributed by atoms with Crippen molar-refractivity contribution in [3.63, 3.8) is 0 Å². The van der Waals surface area contributed by atoms with Crippen LogP contribution in [-0.2, 0) is 5.41 Å². The third-order valence-electron chi connectivity index (χ3n) is 2.80. The van der Waals surface area contributed by atoms with Crippen LogP contribution in [0, 0.1) is 6.92 Å². The molecule has 96 valence electrons. The van der Waals surface area contributed by atoms with Gasteiger partial charge in [0.15, 0.2) is 0 Å². The quantitative estimate of drug-likeness (QED) is 0.798. The Bertz CT molecular complexity index is 535. The van der Waals surface area contributed by atoms with Crippen LogP contribution in [0.15, 0.2) is 24.3 Å². The molecule has 1 heterocycles. The lowest BCUT2D eigenvalue weighted by Crippen LogP contribution is -2.10. The van der Waals surface area contributed by atoms with E-state index < -0.39 is 0 Å². The zero-order chi connectivity index (χ0) is 13.3. The van der Waals surface area contributed by atoms with Gasteiger partial charge in [-0.05, 0) is 31.2 Å². The summed E-state index contributed by atoms with van der Waals surface area (Å²) in [4.78, 5) is 6.05. The van der Waals surface area contributed by atoms with E-state index in [1.807, 2.05) is 12.1 Å². The largest absolute Gasteiger partial charge is 0.497 e. The molecule has 2 nitrogen and oxygen atoms in total. The standard InChI is InChI=1S/C15H19NOS/c1-10-13(16-14(18-10)15(2,3)4)11-6-8-12(17-5)9-7-11/h6-9H,1-5H3. The molecule has 2 aromatic rings. The predicted molar refractivity (Wildman–Crippen MR) is 77.5 cm³/mol. The highest BCUT2D eigenvalue weighted by Crippen LogP contribution is 2.34. The van der Waals surface area contributed by atoms with Crippen LogP contribution < -0.4 is 4.74 Å². The molecule has 0 amide bonds. The van der Waals surface area contributed by atoms with Crippen LogP contribution in [0.3, 0.4) is 0 Å². The molecule has 0 saturated heterocycles. The average Bonchev–Trinajstić information content (AvgIpc) is 2.71. The smallest absolute Gasteiger partial charge is 0.118 e. The molecule has 1 aromatic carbocycles. The number of aromatic nitrogens is 1. The lowest BCUT2D eigenvalue weighted by molar-refractivity contribution is 0.415. The van der Waals surface area contributed by atoms with E-state index in [0.29, 0.717) is 0 Å². The monoisotopic (exact) mass is 261 g/mol. The van der Waals surface area contributed by atoms with Gasteiger partial charge >= 0.3 is 0 Å². The van der Waals surface area contributed by atoms with Gasteiger partial charge in [-0.1, -0.05) is 20.8 Å². The number of aryl methyl sites for hydroxylation is 1. The van der Waals surface area contributed by atoms with Crippen LogP contribution in [0.4, 0.5) is 0 Å². The number of rotatable bonds is 2. The molecule has 0 aliphatic heterocycles. The minimum absolute atomic E-state index is 0.111. The van der Waals surface area contributed by atoms with Gasteiger partial charge in [0.05, 0.1) is 17.8 Å². The number of nitrogens with zero attached hydrogens (tertiary/aromatic N) is 1. The van der Waals surface area contributed by atoms with E-state index in [2.05, 4.69) is 39.8 Å². The van der Waals surface area contributed by atoms with Gasteiger partial charge in [-0.25, -0.2) is 4.98 Å². The number of hydrogen-bond acceptors (Lipinski definition) is 3. The summed E-state index contributed by atoms with van der Waals surface area (Å²) in [6.07, 6.45) is 0. The van der Waals surface area contributed by atoms with E-state index in [4.69, 9.17) is 9.72 Å². The zero-order valence-electron chi connectivity index (χ0n) is 11.6. The lowest BCUT2D eigenvalue weighted by Gasteiger charge is -2.13. The Labute approximate surface area is 113 Å². The summed E-state index contributed by atoms with van der Waals surface area (Å²) in [5, 5.41) is 1.19. The van der Waals surface area contributed by atoms with Gasteiger partial charge in [0.2, 0.25) is 0 Å². The third kappa shape index (κ3) is 2.56. The maximum Gasteiger partial charge on any atom is 0.118 e. The minimum Gasteiger partial charge on any atom is -0.497 e. The molecule has 18 heavy (non-hydrogen) atoms. The normalized spacial score (nSPS) is 11.6. The van der Waals surface area contributed by atoms with Gasteiger partial charge in [0, 0.05) is 15.9 Å². The highest BCUT2D eigenvalue weighted by Gasteiger charge is 2.20. The first kappa shape index (κ1) is 13.1.